The van der Waals surface area contributed by atoms with Gasteiger partial charge in [0.2, 0.25) is 0 Å². The van der Waals surface area contributed by atoms with Gasteiger partial charge in [0.25, 0.3) is 0 Å². The van der Waals surface area contributed by atoms with Crippen molar-refractivity contribution in [2.24, 2.45) is 5.92 Å². The first kappa shape index (κ1) is 11.0. The number of hydrogen-bond acceptors (Lipinski definition) is 3. The second-order valence-corrected chi connectivity index (χ2v) is 5.33. The molecule has 4 heteroatoms. The third-order valence-electron chi connectivity index (χ3n) is 2.99. The molecule has 0 radical (unpaired) electrons. The molecule has 3 rings (SSSR count). The Labute approximate surface area is 108 Å². The molecule has 0 saturated heterocycles. The summed E-state index contributed by atoms with van der Waals surface area (Å²) in [5, 5.41) is 0. The second kappa shape index (κ2) is 4.61. The Bertz CT molecular complexity index is 540. The number of fused-ring (bicyclic) bond motifs is 1. The van der Waals surface area contributed by atoms with Gasteiger partial charge in [0.1, 0.15) is 11.3 Å². The van der Waals surface area contributed by atoms with Crippen LogP contribution in [0.2, 0.25) is 0 Å². The molecule has 1 aliphatic rings. The summed E-state index contributed by atoms with van der Waals surface area (Å²) in [6, 6.07) is 3.84. The van der Waals surface area contributed by atoms with Crippen molar-refractivity contribution < 1.29 is 4.74 Å². The first-order valence-corrected chi connectivity index (χ1v) is 6.65. The summed E-state index contributed by atoms with van der Waals surface area (Å²) in [7, 11) is 0. The molecule has 0 bridgehead atoms. The molecule has 0 amide bonds. The summed E-state index contributed by atoms with van der Waals surface area (Å²) in [6.45, 7) is 0.779. The SMILES string of the molecule is Brc1cnc2c(OCCC3CC3)ccnc2c1. The van der Waals surface area contributed by atoms with Crippen LogP contribution in [0.1, 0.15) is 19.3 Å². The summed E-state index contributed by atoms with van der Waals surface area (Å²) in [4.78, 5) is 8.65. The molecule has 17 heavy (non-hydrogen) atoms. The largest absolute Gasteiger partial charge is 0.491 e. The average Bonchev–Trinajstić information content (AvgIpc) is 3.13. The van der Waals surface area contributed by atoms with Crippen molar-refractivity contribution >= 4 is 27.0 Å². The lowest BCUT2D eigenvalue weighted by Crippen LogP contribution is -1.99. The minimum Gasteiger partial charge on any atom is -0.491 e. The molecule has 0 spiro atoms. The molecule has 0 aromatic carbocycles. The van der Waals surface area contributed by atoms with E-state index in [1.165, 1.54) is 12.8 Å². The quantitative estimate of drug-likeness (QED) is 0.864. The molecule has 0 N–H and O–H groups in total. The lowest BCUT2D eigenvalue weighted by atomic mass is 10.3. The molecule has 2 aromatic heterocycles. The molecular formula is C13H13BrN2O. The normalized spacial score (nSPS) is 15.1. The summed E-state index contributed by atoms with van der Waals surface area (Å²) >= 11 is 3.39. The fourth-order valence-corrected chi connectivity index (χ4v) is 2.16. The van der Waals surface area contributed by atoms with Crippen molar-refractivity contribution in [3.8, 4) is 5.75 Å². The lowest BCUT2D eigenvalue weighted by molar-refractivity contribution is 0.305. The number of halogens is 1. The van der Waals surface area contributed by atoms with Gasteiger partial charge in [-0.1, -0.05) is 12.8 Å². The van der Waals surface area contributed by atoms with Crippen LogP contribution < -0.4 is 4.74 Å². The maximum absolute atomic E-state index is 5.79. The molecule has 88 valence electrons. The number of ether oxygens (including phenoxy) is 1. The zero-order valence-electron chi connectivity index (χ0n) is 9.40. The lowest BCUT2D eigenvalue weighted by Gasteiger charge is -2.07. The number of rotatable bonds is 4. The highest BCUT2D eigenvalue weighted by Gasteiger charge is 2.20. The van der Waals surface area contributed by atoms with Crippen molar-refractivity contribution in [2.75, 3.05) is 6.61 Å². The summed E-state index contributed by atoms with van der Waals surface area (Å²) in [5.41, 5.74) is 1.70. The Kier molecular flexibility index (Phi) is 2.97. The van der Waals surface area contributed by atoms with E-state index >= 15 is 0 Å². The third kappa shape index (κ3) is 2.57. The Morgan fingerprint density at radius 3 is 3.06 bits per heavy atom. The van der Waals surface area contributed by atoms with E-state index in [-0.39, 0.29) is 0 Å². The van der Waals surface area contributed by atoms with Gasteiger partial charge in [0.05, 0.1) is 12.1 Å². The molecule has 1 aliphatic carbocycles. The highest BCUT2D eigenvalue weighted by atomic mass is 79.9. The minimum absolute atomic E-state index is 0.779. The molecule has 0 aliphatic heterocycles. The molecule has 1 fully saturated rings. The predicted octanol–water partition coefficient (Wildman–Crippen LogP) is 3.57. The Balaban J connectivity index is 1.81. The van der Waals surface area contributed by atoms with Crippen LogP contribution >= 0.6 is 15.9 Å². The van der Waals surface area contributed by atoms with Crippen molar-refractivity contribution in [3.05, 3.63) is 29.0 Å². The molecule has 0 unspecified atom stereocenters. The van der Waals surface area contributed by atoms with Gasteiger partial charge in [-0.05, 0) is 34.3 Å². The molecule has 2 aromatic rings. The van der Waals surface area contributed by atoms with Crippen molar-refractivity contribution in [1.29, 1.82) is 0 Å². The van der Waals surface area contributed by atoms with Gasteiger partial charge in [0.15, 0.2) is 0 Å². The van der Waals surface area contributed by atoms with Crippen LogP contribution in [0.4, 0.5) is 0 Å². The summed E-state index contributed by atoms with van der Waals surface area (Å²) in [6.07, 6.45) is 7.43. The number of hydrogen-bond donors (Lipinski definition) is 0. The van der Waals surface area contributed by atoms with E-state index in [0.29, 0.717) is 0 Å². The van der Waals surface area contributed by atoms with Gasteiger partial charge in [-0.3, -0.25) is 4.98 Å². The Morgan fingerprint density at radius 1 is 1.35 bits per heavy atom. The third-order valence-corrected chi connectivity index (χ3v) is 3.42. The topological polar surface area (TPSA) is 35.0 Å². The van der Waals surface area contributed by atoms with Crippen molar-refractivity contribution in [1.82, 2.24) is 9.97 Å². The summed E-state index contributed by atoms with van der Waals surface area (Å²) < 4.78 is 6.73. The second-order valence-electron chi connectivity index (χ2n) is 4.41. The van der Waals surface area contributed by atoms with E-state index in [0.717, 1.165) is 40.2 Å². The average molecular weight is 293 g/mol. The number of pyridine rings is 2. The molecule has 0 atom stereocenters. The smallest absolute Gasteiger partial charge is 0.148 e. The van der Waals surface area contributed by atoms with Gasteiger partial charge in [-0.15, -0.1) is 0 Å². The first-order valence-electron chi connectivity index (χ1n) is 5.86. The van der Waals surface area contributed by atoms with E-state index < -0.39 is 0 Å². The Hall–Kier alpha value is -1.16. The maximum Gasteiger partial charge on any atom is 0.148 e. The minimum atomic E-state index is 0.779. The van der Waals surface area contributed by atoms with Crippen LogP contribution in [0.15, 0.2) is 29.0 Å². The van der Waals surface area contributed by atoms with Crippen LogP contribution in [-0.4, -0.2) is 16.6 Å². The van der Waals surface area contributed by atoms with E-state index in [4.69, 9.17) is 4.74 Å². The number of aromatic nitrogens is 2. The molecule has 3 nitrogen and oxygen atoms in total. The van der Waals surface area contributed by atoms with E-state index in [9.17, 15) is 0 Å². The zero-order valence-corrected chi connectivity index (χ0v) is 11.0. The number of nitrogens with zero attached hydrogens (tertiary/aromatic N) is 2. The monoisotopic (exact) mass is 292 g/mol. The van der Waals surface area contributed by atoms with Crippen LogP contribution in [0.3, 0.4) is 0 Å². The zero-order chi connectivity index (χ0) is 11.7. The van der Waals surface area contributed by atoms with Crippen LogP contribution in [0.25, 0.3) is 11.0 Å². The maximum atomic E-state index is 5.79. The van der Waals surface area contributed by atoms with Gasteiger partial charge in [-0.2, -0.15) is 0 Å². The van der Waals surface area contributed by atoms with E-state index in [2.05, 4.69) is 25.9 Å². The van der Waals surface area contributed by atoms with Gasteiger partial charge in [-0.25, -0.2) is 4.98 Å². The van der Waals surface area contributed by atoms with Crippen molar-refractivity contribution in [2.45, 2.75) is 19.3 Å². The predicted molar refractivity (Wildman–Crippen MR) is 70.1 cm³/mol. The highest BCUT2D eigenvalue weighted by molar-refractivity contribution is 9.10. The van der Waals surface area contributed by atoms with Crippen LogP contribution in [-0.2, 0) is 0 Å². The molecule has 1 saturated carbocycles. The summed E-state index contributed by atoms with van der Waals surface area (Å²) in [5.74, 6) is 1.73. The standard InChI is InChI=1S/C13H13BrN2O/c14-10-7-11-13(16-8-10)12(3-5-15-11)17-6-4-9-1-2-9/h3,5,7-9H,1-2,4,6H2. The van der Waals surface area contributed by atoms with Gasteiger partial charge in [0, 0.05) is 22.9 Å². The van der Waals surface area contributed by atoms with Crippen LogP contribution in [0.5, 0.6) is 5.75 Å². The Morgan fingerprint density at radius 2 is 2.24 bits per heavy atom. The fourth-order valence-electron chi connectivity index (χ4n) is 1.84. The first-order chi connectivity index (χ1) is 8.33. The van der Waals surface area contributed by atoms with Crippen LogP contribution in [0, 0.1) is 5.92 Å². The molecular weight excluding hydrogens is 280 g/mol. The fraction of sp³-hybridized carbons (Fsp3) is 0.385. The highest BCUT2D eigenvalue weighted by Crippen LogP contribution is 2.32. The van der Waals surface area contributed by atoms with E-state index in [1.807, 2.05) is 12.1 Å². The molecule has 2 heterocycles. The van der Waals surface area contributed by atoms with E-state index in [1.54, 1.807) is 12.4 Å². The van der Waals surface area contributed by atoms with Gasteiger partial charge < -0.3 is 4.74 Å². The van der Waals surface area contributed by atoms with Gasteiger partial charge >= 0.3 is 0 Å². The van der Waals surface area contributed by atoms with Crippen molar-refractivity contribution in [3.63, 3.8) is 0 Å².